The fraction of sp³-hybridized carbons (Fsp3) is 0.632. The molecule has 6 nitrogen and oxygen atoms in total. The first-order chi connectivity index (χ1) is 12.1. The van der Waals surface area contributed by atoms with Gasteiger partial charge in [-0.05, 0) is 74.9 Å². The number of nitrogens with zero attached hydrogens (tertiary/aromatic N) is 2. The van der Waals surface area contributed by atoms with Crippen LogP contribution in [0.25, 0.3) is 0 Å². The van der Waals surface area contributed by atoms with E-state index >= 15 is 0 Å². The number of nitrogen functional groups attached to an aromatic ring is 1. The highest BCUT2D eigenvalue weighted by molar-refractivity contribution is 5.64. The van der Waals surface area contributed by atoms with Crippen molar-refractivity contribution < 1.29 is 9.90 Å². The van der Waals surface area contributed by atoms with Gasteiger partial charge in [-0.15, -0.1) is 0 Å². The molecule has 3 rings (SSSR count). The Kier molecular flexibility index (Phi) is 6.02. The average molecular weight is 346 g/mol. The minimum absolute atomic E-state index is 0.500. The molecule has 2 saturated heterocycles. The summed E-state index contributed by atoms with van der Waals surface area (Å²) >= 11 is 0. The van der Waals surface area contributed by atoms with Crippen molar-refractivity contribution in [2.75, 3.05) is 49.9 Å². The normalized spacial score (nSPS) is 20.6. The Labute approximate surface area is 150 Å². The summed E-state index contributed by atoms with van der Waals surface area (Å²) in [6.45, 7) is 6.23. The second kappa shape index (κ2) is 8.43. The van der Waals surface area contributed by atoms with Crippen molar-refractivity contribution in [3.05, 3.63) is 24.3 Å². The van der Waals surface area contributed by atoms with Crippen LogP contribution in [0.5, 0.6) is 0 Å². The summed E-state index contributed by atoms with van der Waals surface area (Å²) in [7, 11) is 0. The second-order valence-electron chi connectivity index (χ2n) is 7.45. The largest absolute Gasteiger partial charge is 0.465 e. The maximum absolute atomic E-state index is 10.6. The lowest BCUT2D eigenvalue weighted by Crippen LogP contribution is -2.43. The van der Waals surface area contributed by atoms with E-state index in [0.717, 1.165) is 50.6 Å². The van der Waals surface area contributed by atoms with E-state index in [-0.39, 0.29) is 0 Å². The van der Waals surface area contributed by atoms with Crippen LogP contribution in [0, 0.1) is 11.8 Å². The van der Waals surface area contributed by atoms with Crippen LogP contribution in [0.3, 0.4) is 0 Å². The zero-order valence-electron chi connectivity index (χ0n) is 14.9. The van der Waals surface area contributed by atoms with Gasteiger partial charge in [0.25, 0.3) is 0 Å². The molecule has 0 spiro atoms. The van der Waals surface area contributed by atoms with Gasteiger partial charge in [-0.2, -0.15) is 0 Å². The zero-order valence-corrected chi connectivity index (χ0v) is 14.9. The third-order valence-corrected chi connectivity index (χ3v) is 5.64. The molecule has 1 amide bonds. The van der Waals surface area contributed by atoms with Gasteiger partial charge in [-0.25, -0.2) is 4.79 Å². The molecule has 0 aromatic heterocycles. The smallest absolute Gasteiger partial charge is 0.404 e. The highest BCUT2D eigenvalue weighted by atomic mass is 16.4. The number of rotatable bonds is 5. The van der Waals surface area contributed by atoms with Gasteiger partial charge >= 0.3 is 6.09 Å². The molecule has 0 unspecified atom stereocenters. The highest BCUT2D eigenvalue weighted by Gasteiger charge is 2.25. The van der Waals surface area contributed by atoms with Crippen molar-refractivity contribution in [2.24, 2.45) is 11.8 Å². The fourth-order valence-corrected chi connectivity index (χ4v) is 4.03. The summed E-state index contributed by atoms with van der Waals surface area (Å²) in [5, 5.41) is 11.2. The minimum atomic E-state index is -0.907. The highest BCUT2D eigenvalue weighted by Crippen LogP contribution is 2.26. The molecule has 2 heterocycles. The fourth-order valence-electron chi connectivity index (χ4n) is 4.03. The van der Waals surface area contributed by atoms with Crippen LogP contribution in [-0.4, -0.2) is 55.4 Å². The van der Waals surface area contributed by atoms with E-state index < -0.39 is 6.09 Å². The number of nitrogens with one attached hydrogen (secondary N) is 1. The van der Waals surface area contributed by atoms with Gasteiger partial charge in [0.05, 0.1) is 0 Å². The number of hydrogen-bond donors (Lipinski definition) is 3. The van der Waals surface area contributed by atoms with Gasteiger partial charge in [0.15, 0.2) is 0 Å². The molecule has 25 heavy (non-hydrogen) atoms. The lowest BCUT2D eigenvalue weighted by atomic mass is 9.92. The summed E-state index contributed by atoms with van der Waals surface area (Å²) < 4.78 is 0. The predicted molar refractivity (Wildman–Crippen MR) is 101 cm³/mol. The Hall–Kier alpha value is -1.95. The molecule has 2 fully saturated rings. The molecule has 2 aliphatic heterocycles. The average Bonchev–Trinajstić information content (AvgIpc) is 2.62. The van der Waals surface area contributed by atoms with E-state index in [1.54, 1.807) is 0 Å². The lowest BCUT2D eigenvalue weighted by Gasteiger charge is -2.38. The zero-order chi connectivity index (χ0) is 17.6. The van der Waals surface area contributed by atoms with E-state index in [4.69, 9.17) is 10.8 Å². The van der Waals surface area contributed by atoms with E-state index in [2.05, 4.69) is 27.2 Å². The van der Waals surface area contributed by atoms with Gasteiger partial charge in [-0.3, -0.25) is 0 Å². The first kappa shape index (κ1) is 17.9. The van der Waals surface area contributed by atoms with Crippen LogP contribution in [-0.2, 0) is 0 Å². The third kappa shape index (κ3) is 5.26. The van der Waals surface area contributed by atoms with Crippen LogP contribution in [0.2, 0.25) is 0 Å². The number of hydrogen-bond acceptors (Lipinski definition) is 4. The number of benzene rings is 1. The van der Waals surface area contributed by atoms with Crippen LogP contribution in [0.1, 0.15) is 25.7 Å². The van der Waals surface area contributed by atoms with Gasteiger partial charge in [-0.1, -0.05) is 0 Å². The van der Waals surface area contributed by atoms with Crippen molar-refractivity contribution in [2.45, 2.75) is 25.7 Å². The maximum atomic E-state index is 10.6. The topological polar surface area (TPSA) is 81.8 Å². The van der Waals surface area contributed by atoms with Crippen molar-refractivity contribution in [3.8, 4) is 0 Å². The van der Waals surface area contributed by atoms with Gasteiger partial charge in [0.2, 0.25) is 0 Å². The Bertz CT molecular complexity index is 547. The molecule has 2 aliphatic rings. The van der Waals surface area contributed by atoms with Crippen LogP contribution >= 0.6 is 0 Å². The number of likely N-dealkylation sites (tertiary alicyclic amines) is 1. The number of anilines is 2. The Balaban J connectivity index is 1.37. The quantitative estimate of drug-likeness (QED) is 0.714. The summed E-state index contributed by atoms with van der Waals surface area (Å²) in [5.41, 5.74) is 7.87. The molecule has 0 atom stereocenters. The molecule has 6 heteroatoms. The summed E-state index contributed by atoms with van der Waals surface area (Å²) in [4.78, 5) is 15.6. The Morgan fingerprint density at radius 1 is 1.04 bits per heavy atom. The van der Waals surface area contributed by atoms with Gasteiger partial charge < -0.3 is 26.0 Å². The summed E-state index contributed by atoms with van der Waals surface area (Å²) in [6, 6.07) is 8.19. The van der Waals surface area contributed by atoms with Crippen molar-refractivity contribution in [1.29, 1.82) is 0 Å². The number of amides is 1. The van der Waals surface area contributed by atoms with E-state index in [0.29, 0.717) is 12.5 Å². The second-order valence-corrected chi connectivity index (χ2v) is 7.45. The molecule has 1 aromatic rings. The first-order valence-corrected chi connectivity index (χ1v) is 9.40. The summed E-state index contributed by atoms with van der Waals surface area (Å²) in [6.07, 6.45) is 3.78. The minimum Gasteiger partial charge on any atom is -0.465 e. The van der Waals surface area contributed by atoms with Gasteiger partial charge in [0.1, 0.15) is 0 Å². The number of piperidine rings is 2. The molecule has 1 aromatic carbocycles. The number of nitrogens with two attached hydrogens (primary N) is 1. The molecular formula is C19H30N4O2. The first-order valence-electron chi connectivity index (χ1n) is 9.40. The van der Waals surface area contributed by atoms with E-state index in [1.807, 2.05) is 12.1 Å². The van der Waals surface area contributed by atoms with Gasteiger partial charge in [0, 0.05) is 37.6 Å². The lowest BCUT2D eigenvalue weighted by molar-refractivity contribution is 0.147. The van der Waals surface area contributed by atoms with Crippen molar-refractivity contribution >= 4 is 17.5 Å². The molecule has 138 valence electrons. The molecular weight excluding hydrogens is 316 g/mol. The monoisotopic (exact) mass is 346 g/mol. The Morgan fingerprint density at radius 3 is 2.24 bits per heavy atom. The number of carboxylic acid groups (broad SMARTS) is 1. The van der Waals surface area contributed by atoms with Crippen molar-refractivity contribution in [3.63, 3.8) is 0 Å². The Morgan fingerprint density at radius 2 is 1.64 bits per heavy atom. The molecule has 0 radical (unpaired) electrons. The van der Waals surface area contributed by atoms with Crippen LogP contribution in [0.4, 0.5) is 16.2 Å². The molecule has 0 saturated carbocycles. The third-order valence-electron chi connectivity index (χ3n) is 5.64. The standard InChI is InChI=1S/C19H30N4O2/c20-17-1-3-18(4-2-17)23-11-7-16(8-12-23)14-22-9-5-15(6-10-22)13-21-19(24)25/h1-4,15-16,21H,5-14,20H2,(H,24,25). The van der Waals surface area contributed by atoms with E-state index in [9.17, 15) is 4.79 Å². The van der Waals surface area contributed by atoms with Crippen molar-refractivity contribution in [1.82, 2.24) is 10.2 Å². The maximum Gasteiger partial charge on any atom is 0.404 e. The molecule has 4 N–H and O–H groups in total. The van der Waals surface area contributed by atoms with Crippen LogP contribution < -0.4 is 16.0 Å². The van der Waals surface area contributed by atoms with Crippen LogP contribution in [0.15, 0.2) is 24.3 Å². The molecule has 0 bridgehead atoms. The molecule has 0 aliphatic carbocycles. The SMILES string of the molecule is Nc1ccc(N2CCC(CN3CCC(CNC(=O)O)CC3)CC2)cc1. The summed E-state index contributed by atoms with van der Waals surface area (Å²) in [5.74, 6) is 1.28. The predicted octanol–water partition coefficient (Wildman–Crippen LogP) is 2.46. The number of carbonyl (C=O) groups is 1. The van der Waals surface area contributed by atoms with E-state index in [1.165, 1.54) is 25.1 Å².